The number of H-pyrrole nitrogens is 1. The van der Waals surface area contributed by atoms with Gasteiger partial charge in [-0.3, -0.25) is 0 Å². The van der Waals surface area contributed by atoms with Crippen molar-refractivity contribution in [3.05, 3.63) is 24.0 Å². The van der Waals surface area contributed by atoms with Crippen molar-refractivity contribution in [1.29, 1.82) is 0 Å². The van der Waals surface area contributed by atoms with Crippen LogP contribution >= 0.6 is 0 Å². The number of quaternary nitrogens is 1. The molecule has 1 spiro atoms. The molecule has 1 aromatic rings. The van der Waals surface area contributed by atoms with Gasteiger partial charge < -0.3 is 19.3 Å². The lowest BCUT2D eigenvalue weighted by Crippen LogP contribution is -2.44. The van der Waals surface area contributed by atoms with E-state index >= 15 is 0 Å². The Morgan fingerprint density at radius 1 is 1.45 bits per heavy atom. The summed E-state index contributed by atoms with van der Waals surface area (Å²) in [5, 5.41) is 10.4. The molecule has 0 bridgehead atoms. The molecule has 2 N–H and O–H groups in total. The highest BCUT2D eigenvalue weighted by molar-refractivity contribution is 5.80. The van der Waals surface area contributed by atoms with Gasteiger partial charge in [-0.25, -0.2) is 4.79 Å². The molecule has 3 rings (SSSR count). The number of hydrogen-bond acceptors (Lipinski definition) is 3. The molecule has 5 heteroatoms. The molecule has 0 saturated carbocycles. The fourth-order valence-electron chi connectivity index (χ4n) is 3.55. The number of nitrogens with one attached hydrogen (secondary N) is 1. The summed E-state index contributed by atoms with van der Waals surface area (Å²) in [6.45, 7) is 5.93. The van der Waals surface area contributed by atoms with E-state index in [9.17, 15) is 9.90 Å². The van der Waals surface area contributed by atoms with Crippen LogP contribution in [-0.2, 0) is 15.1 Å². The van der Waals surface area contributed by atoms with Crippen LogP contribution in [0.1, 0.15) is 31.7 Å². The molecule has 0 aromatic carbocycles. The van der Waals surface area contributed by atoms with Gasteiger partial charge in [-0.15, -0.1) is 0 Å². The lowest BCUT2D eigenvalue weighted by Gasteiger charge is -2.29. The molecule has 5 nitrogen and oxygen atoms in total. The molecule has 2 fully saturated rings. The Morgan fingerprint density at radius 2 is 2.20 bits per heavy atom. The summed E-state index contributed by atoms with van der Waals surface area (Å²) in [7, 11) is 0. The number of rotatable bonds is 3. The third kappa shape index (κ3) is 2.36. The Bertz CT molecular complexity index is 475. The minimum Gasteiger partial charge on any atom is -0.454 e. The lowest BCUT2D eigenvalue weighted by molar-refractivity contribution is -0.906. The molecule has 2 saturated heterocycles. The van der Waals surface area contributed by atoms with E-state index in [2.05, 4.69) is 4.98 Å². The van der Waals surface area contributed by atoms with E-state index in [1.54, 1.807) is 18.5 Å². The Labute approximate surface area is 119 Å². The summed E-state index contributed by atoms with van der Waals surface area (Å²) in [5.74, 6) is -0.540. The van der Waals surface area contributed by atoms with Crippen molar-refractivity contribution >= 4 is 5.97 Å². The van der Waals surface area contributed by atoms with Crippen LogP contribution in [0.2, 0.25) is 0 Å². The first-order valence-corrected chi connectivity index (χ1v) is 7.44. The van der Waals surface area contributed by atoms with Gasteiger partial charge in [0.15, 0.2) is 11.7 Å². The zero-order valence-electron chi connectivity index (χ0n) is 12.0. The minimum absolute atomic E-state index is 0.0500. The topological polar surface area (TPSA) is 62.3 Å². The van der Waals surface area contributed by atoms with E-state index in [1.807, 2.05) is 0 Å². The van der Waals surface area contributed by atoms with Crippen LogP contribution in [0.15, 0.2) is 18.5 Å². The zero-order chi connectivity index (χ0) is 14.2. The van der Waals surface area contributed by atoms with E-state index in [1.165, 1.54) is 32.9 Å². The van der Waals surface area contributed by atoms with Crippen LogP contribution in [0.5, 0.6) is 0 Å². The largest absolute Gasteiger partial charge is 0.454 e. The Kier molecular flexibility index (Phi) is 3.34. The van der Waals surface area contributed by atoms with Gasteiger partial charge in [-0.1, -0.05) is 0 Å². The van der Waals surface area contributed by atoms with E-state index in [4.69, 9.17) is 4.74 Å². The number of carbonyl (C=O) groups excluding carboxylic acids is 1. The van der Waals surface area contributed by atoms with Crippen LogP contribution in [0.3, 0.4) is 0 Å². The smallest absolute Gasteiger partial charge is 0.343 e. The van der Waals surface area contributed by atoms with Gasteiger partial charge >= 0.3 is 5.97 Å². The third-order valence-corrected chi connectivity index (χ3v) is 4.86. The standard InChI is InChI=1S/C15H23N2O3/c1-15(19,12-4-6-16-10-12)14(18)20-13-5-9-17(11-13)7-2-3-8-17/h4,6,10,13,16,19H,2-3,5,7-9,11H2,1H3/q+1. The van der Waals surface area contributed by atoms with Crippen molar-refractivity contribution in [2.24, 2.45) is 0 Å². The van der Waals surface area contributed by atoms with Crippen molar-refractivity contribution in [2.45, 2.75) is 37.9 Å². The summed E-state index contributed by atoms with van der Waals surface area (Å²) in [4.78, 5) is 15.1. The summed E-state index contributed by atoms with van der Waals surface area (Å²) in [6, 6.07) is 1.70. The van der Waals surface area contributed by atoms with Crippen LogP contribution in [-0.4, -0.2) is 52.8 Å². The SMILES string of the molecule is CC(O)(C(=O)OC1CC[N+]2(CCCC2)C1)c1cc[nH]c1. The number of nitrogens with zero attached hydrogens (tertiary/aromatic N) is 1. The summed E-state index contributed by atoms with van der Waals surface area (Å²) in [6.07, 6.45) is 6.74. The van der Waals surface area contributed by atoms with Crippen LogP contribution in [0.25, 0.3) is 0 Å². The van der Waals surface area contributed by atoms with Crippen molar-refractivity contribution in [3.63, 3.8) is 0 Å². The predicted molar refractivity (Wildman–Crippen MR) is 73.8 cm³/mol. The molecule has 1 aromatic heterocycles. The van der Waals surface area contributed by atoms with Gasteiger partial charge in [0.25, 0.3) is 0 Å². The average molecular weight is 279 g/mol. The molecule has 2 atom stereocenters. The second kappa shape index (κ2) is 4.90. The Hall–Kier alpha value is -1.33. The van der Waals surface area contributed by atoms with Crippen molar-refractivity contribution in [2.75, 3.05) is 26.2 Å². The number of hydrogen-bond donors (Lipinski definition) is 2. The molecular formula is C15H23N2O3+. The molecule has 2 unspecified atom stereocenters. The zero-order valence-corrected chi connectivity index (χ0v) is 12.0. The first-order valence-electron chi connectivity index (χ1n) is 7.44. The van der Waals surface area contributed by atoms with E-state index in [0.717, 1.165) is 24.0 Å². The maximum atomic E-state index is 12.2. The number of aromatic amines is 1. The fraction of sp³-hybridized carbons (Fsp3) is 0.667. The molecule has 0 radical (unpaired) electrons. The summed E-state index contributed by atoms with van der Waals surface area (Å²) >= 11 is 0. The van der Waals surface area contributed by atoms with Gasteiger partial charge in [-0.2, -0.15) is 0 Å². The maximum Gasteiger partial charge on any atom is 0.343 e. The highest BCUT2D eigenvalue weighted by atomic mass is 16.6. The minimum atomic E-state index is -1.57. The number of ether oxygens (including phenoxy) is 1. The fourth-order valence-corrected chi connectivity index (χ4v) is 3.55. The van der Waals surface area contributed by atoms with Gasteiger partial charge in [-0.05, 0) is 13.0 Å². The van der Waals surface area contributed by atoms with Crippen LogP contribution < -0.4 is 0 Å². The second-order valence-electron chi connectivity index (χ2n) is 6.39. The molecule has 20 heavy (non-hydrogen) atoms. The van der Waals surface area contributed by atoms with Crippen LogP contribution in [0.4, 0.5) is 0 Å². The van der Waals surface area contributed by atoms with Crippen molar-refractivity contribution < 1.29 is 19.1 Å². The first-order chi connectivity index (χ1) is 9.52. The summed E-state index contributed by atoms with van der Waals surface area (Å²) in [5.41, 5.74) is -1.02. The Balaban J connectivity index is 1.62. The molecule has 110 valence electrons. The van der Waals surface area contributed by atoms with Crippen molar-refractivity contribution in [1.82, 2.24) is 4.98 Å². The third-order valence-electron chi connectivity index (χ3n) is 4.86. The highest BCUT2D eigenvalue weighted by Gasteiger charge is 2.44. The molecule has 0 amide bonds. The monoisotopic (exact) mass is 279 g/mol. The second-order valence-corrected chi connectivity index (χ2v) is 6.39. The molecule has 2 aliphatic rings. The van der Waals surface area contributed by atoms with E-state index in [0.29, 0.717) is 5.56 Å². The van der Waals surface area contributed by atoms with Crippen LogP contribution in [0, 0.1) is 0 Å². The van der Waals surface area contributed by atoms with E-state index in [-0.39, 0.29) is 6.10 Å². The van der Waals surface area contributed by atoms with Crippen molar-refractivity contribution in [3.8, 4) is 0 Å². The molecule has 0 aliphatic carbocycles. The first kappa shape index (κ1) is 13.6. The number of carbonyl (C=O) groups is 1. The highest BCUT2D eigenvalue weighted by Crippen LogP contribution is 2.30. The quantitative estimate of drug-likeness (QED) is 0.644. The van der Waals surface area contributed by atoms with Gasteiger partial charge in [0.05, 0.1) is 19.6 Å². The average Bonchev–Trinajstić information content (AvgIpc) is 3.14. The van der Waals surface area contributed by atoms with Gasteiger partial charge in [0.1, 0.15) is 6.54 Å². The normalized spacial score (nSPS) is 27.6. The molecule has 2 aliphatic heterocycles. The lowest BCUT2D eigenvalue weighted by atomic mass is 9.99. The molecule has 3 heterocycles. The molecular weight excluding hydrogens is 256 g/mol. The van der Waals surface area contributed by atoms with Gasteiger partial charge in [0.2, 0.25) is 0 Å². The van der Waals surface area contributed by atoms with Gasteiger partial charge in [0, 0.05) is 37.2 Å². The number of aliphatic hydroxyl groups is 1. The predicted octanol–water partition coefficient (Wildman–Crippen LogP) is 1.15. The van der Waals surface area contributed by atoms with E-state index < -0.39 is 11.6 Å². The summed E-state index contributed by atoms with van der Waals surface area (Å²) < 4.78 is 6.67. The number of esters is 1. The number of aromatic nitrogens is 1. The maximum absolute atomic E-state index is 12.2. The Morgan fingerprint density at radius 3 is 2.85 bits per heavy atom.